The van der Waals surface area contributed by atoms with E-state index in [1.807, 2.05) is 0 Å². The molecule has 2 N–H and O–H groups in total. The first-order valence-corrected chi connectivity index (χ1v) is 8.79. The Morgan fingerprint density at radius 2 is 1.76 bits per heavy atom. The first-order valence-electron chi connectivity index (χ1n) is 7.30. The van der Waals surface area contributed by atoms with Gasteiger partial charge in [0.1, 0.15) is 5.82 Å². The van der Waals surface area contributed by atoms with Crippen LogP contribution in [0.3, 0.4) is 0 Å². The Bertz CT molecular complexity index is 1060. The third-order valence-electron chi connectivity index (χ3n) is 3.55. The average molecular weight is 359 g/mol. The molecule has 0 saturated heterocycles. The van der Waals surface area contributed by atoms with Crippen molar-refractivity contribution in [2.75, 3.05) is 4.72 Å². The summed E-state index contributed by atoms with van der Waals surface area (Å²) < 4.78 is 40.7. The maximum atomic E-state index is 13.0. The monoisotopic (exact) mass is 359 g/mol. The lowest BCUT2D eigenvalue weighted by atomic mass is 10.1. The number of aromatic nitrogens is 2. The predicted octanol–water partition coefficient (Wildman–Crippen LogP) is 2.69. The maximum Gasteiger partial charge on any atom is 0.264 e. The fourth-order valence-electron chi connectivity index (χ4n) is 2.28. The standard InChI is InChI=1S/C17H14FN3O3S/c1-11-2-3-12(15-8-9-17(22)20-19-15)10-16(11)25(23,24)21-14-6-4-13(18)5-7-14/h2-10,21H,1H3,(H,20,22). The molecule has 0 bridgehead atoms. The minimum absolute atomic E-state index is 0.0716. The Labute approximate surface area is 143 Å². The van der Waals surface area contributed by atoms with Gasteiger partial charge in [-0.3, -0.25) is 9.52 Å². The molecule has 0 amide bonds. The number of H-pyrrole nitrogens is 1. The quantitative estimate of drug-likeness (QED) is 0.749. The van der Waals surface area contributed by atoms with Crippen LogP contribution in [-0.2, 0) is 10.0 Å². The van der Waals surface area contributed by atoms with Crippen LogP contribution in [0.5, 0.6) is 0 Å². The topological polar surface area (TPSA) is 91.9 Å². The number of aromatic amines is 1. The normalized spacial score (nSPS) is 11.3. The van der Waals surface area contributed by atoms with E-state index in [-0.39, 0.29) is 16.1 Å². The van der Waals surface area contributed by atoms with Crippen molar-refractivity contribution in [3.8, 4) is 11.3 Å². The molecular weight excluding hydrogens is 345 g/mol. The molecule has 0 fully saturated rings. The Balaban J connectivity index is 2.00. The molecule has 0 unspecified atom stereocenters. The van der Waals surface area contributed by atoms with Crippen molar-refractivity contribution in [3.63, 3.8) is 0 Å². The van der Waals surface area contributed by atoms with Gasteiger partial charge in [0.25, 0.3) is 15.6 Å². The number of aryl methyl sites for hydroxylation is 1. The van der Waals surface area contributed by atoms with E-state index in [9.17, 15) is 17.6 Å². The van der Waals surface area contributed by atoms with Crippen LogP contribution in [0, 0.1) is 12.7 Å². The summed E-state index contributed by atoms with van der Waals surface area (Å²) in [6.45, 7) is 1.67. The number of hydrogen-bond acceptors (Lipinski definition) is 4. The summed E-state index contributed by atoms with van der Waals surface area (Å²) in [6.07, 6.45) is 0. The highest BCUT2D eigenvalue weighted by atomic mass is 32.2. The highest BCUT2D eigenvalue weighted by Gasteiger charge is 2.18. The molecule has 0 radical (unpaired) electrons. The summed E-state index contributed by atoms with van der Waals surface area (Å²) >= 11 is 0. The Morgan fingerprint density at radius 1 is 1.04 bits per heavy atom. The van der Waals surface area contributed by atoms with Gasteiger partial charge in [-0.25, -0.2) is 17.9 Å². The first kappa shape index (κ1) is 16.8. The maximum absolute atomic E-state index is 13.0. The molecular formula is C17H14FN3O3S. The zero-order chi connectivity index (χ0) is 18.0. The van der Waals surface area contributed by atoms with Gasteiger partial charge < -0.3 is 0 Å². The molecule has 128 valence electrons. The van der Waals surface area contributed by atoms with Gasteiger partial charge in [0.15, 0.2) is 0 Å². The minimum Gasteiger partial charge on any atom is -0.280 e. The molecule has 3 aromatic rings. The SMILES string of the molecule is Cc1ccc(-c2ccc(=O)[nH]n2)cc1S(=O)(=O)Nc1ccc(F)cc1. The van der Waals surface area contributed by atoms with Crippen LogP contribution in [0.1, 0.15) is 5.56 Å². The molecule has 0 aliphatic carbocycles. The molecule has 0 atom stereocenters. The molecule has 0 aliphatic rings. The molecule has 1 heterocycles. The van der Waals surface area contributed by atoms with Crippen molar-refractivity contribution in [3.05, 3.63) is 76.3 Å². The fraction of sp³-hybridized carbons (Fsp3) is 0.0588. The summed E-state index contributed by atoms with van der Waals surface area (Å²) in [5.41, 5.74) is 1.44. The number of anilines is 1. The van der Waals surface area contributed by atoms with Crippen molar-refractivity contribution >= 4 is 15.7 Å². The van der Waals surface area contributed by atoms with Crippen molar-refractivity contribution in [1.82, 2.24) is 10.2 Å². The van der Waals surface area contributed by atoms with Gasteiger partial charge in [0, 0.05) is 17.3 Å². The second kappa shape index (κ2) is 6.48. The third-order valence-corrected chi connectivity index (χ3v) is 5.07. The number of rotatable bonds is 4. The third kappa shape index (κ3) is 3.74. The van der Waals surface area contributed by atoms with Crippen LogP contribution in [0.25, 0.3) is 11.3 Å². The Kier molecular flexibility index (Phi) is 4.37. The zero-order valence-electron chi connectivity index (χ0n) is 13.2. The summed E-state index contributed by atoms with van der Waals surface area (Å²) in [4.78, 5) is 11.2. The predicted molar refractivity (Wildman–Crippen MR) is 92.2 cm³/mol. The smallest absolute Gasteiger partial charge is 0.264 e. The summed E-state index contributed by atoms with van der Waals surface area (Å²) in [6, 6.07) is 12.7. The summed E-state index contributed by atoms with van der Waals surface area (Å²) in [7, 11) is -3.87. The number of nitrogens with one attached hydrogen (secondary N) is 2. The molecule has 25 heavy (non-hydrogen) atoms. The van der Waals surface area contributed by atoms with E-state index in [4.69, 9.17) is 0 Å². The van der Waals surface area contributed by atoms with Crippen molar-refractivity contribution in [2.24, 2.45) is 0 Å². The molecule has 8 heteroatoms. The Hall–Kier alpha value is -3.00. The second-order valence-corrected chi connectivity index (χ2v) is 7.05. The first-order chi connectivity index (χ1) is 11.8. The number of benzene rings is 2. The van der Waals surface area contributed by atoms with Gasteiger partial charge in [0.05, 0.1) is 10.6 Å². The van der Waals surface area contributed by atoms with Gasteiger partial charge in [-0.2, -0.15) is 5.10 Å². The lowest BCUT2D eigenvalue weighted by Crippen LogP contribution is -2.14. The van der Waals surface area contributed by atoms with Crippen molar-refractivity contribution in [1.29, 1.82) is 0 Å². The highest BCUT2D eigenvalue weighted by Crippen LogP contribution is 2.25. The Morgan fingerprint density at radius 3 is 2.40 bits per heavy atom. The van der Waals surface area contributed by atoms with Crippen LogP contribution >= 0.6 is 0 Å². The fourth-order valence-corrected chi connectivity index (χ4v) is 3.61. The van der Waals surface area contributed by atoms with Gasteiger partial charge in [-0.1, -0.05) is 12.1 Å². The number of hydrogen-bond donors (Lipinski definition) is 2. The molecule has 0 saturated carbocycles. The largest absolute Gasteiger partial charge is 0.280 e. The van der Waals surface area contributed by atoms with Crippen LogP contribution in [0.2, 0.25) is 0 Å². The lowest BCUT2D eigenvalue weighted by molar-refractivity contribution is 0.600. The zero-order valence-corrected chi connectivity index (χ0v) is 14.0. The lowest BCUT2D eigenvalue weighted by Gasteiger charge is -2.12. The van der Waals surface area contributed by atoms with E-state index < -0.39 is 15.8 Å². The van der Waals surface area contributed by atoms with Gasteiger partial charge in [0.2, 0.25) is 0 Å². The van der Waals surface area contributed by atoms with Crippen LogP contribution < -0.4 is 10.3 Å². The van der Waals surface area contributed by atoms with E-state index in [0.29, 0.717) is 16.8 Å². The number of nitrogens with zero attached hydrogens (tertiary/aromatic N) is 1. The van der Waals surface area contributed by atoms with Crippen LogP contribution in [0.15, 0.2) is 64.3 Å². The second-order valence-electron chi connectivity index (χ2n) is 5.40. The van der Waals surface area contributed by atoms with E-state index in [1.165, 1.54) is 42.5 Å². The van der Waals surface area contributed by atoms with Crippen molar-refractivity contribution < 1.29 is 12.8 Å². The highest BCUT2D eigenvalue weighted by molar-refractivity contribution is 7.92. The van der Waals surface area contributed by atoms with Crippen LogP contribution in [0.4, 0.5) is 10.1 Å². The van der Waals surface area contributed by atoms with Gasteiger partial charge in [-0.05, 0) is 48.9 Å². The summed E-state index contributed by atoms with van der Waals surface area (Å²) in [5, 5.41) is 6.21. The van der Waals surface area contributed by atoms with E-state index >= 15 is 0 Å². The minimum atomic E-state index is -3.87. The van der Waals surface area contributed by atoms with E-state index in [2.05, 4.69) is 14.9 Å². The number of halogens is 1. The molecule has 1 aromatic heterocycles. The molecule has 0 aliphatic heterocycles. The van der Waals surface area contributed by atoms with Gasteiger partial charge in [-0.15, -0.1) is 0 Å². The average Bonchev–Trinajstić information content (AvgIpc) is 2.58. The summed E-state index contributed by atoms with van der Waals surface area (Å²) in [5.74, 6) is -0.453. The van der Waals surface area contributed by atoms with Crippen LogP contribution in [-0.4, -0.2) is 18.6 Å². The van der Waals surface area contributed by atoms with E-state index in [1.54, 1.807) is 19.1 Å². The van der Waals surface area contributed by atoms with Gasteiger partial charge >= 0.3 is 0 Å². The van der Waals surface area contributed by atoms with Crippen molar-refractivity contribution in [2.45, 2.75) is 11.8 Å². The molecule has 0 spiro atoms. The molecule has 2 aromatic carbocycles. The molecule has 3 rings (SSSR count). The molecule has 6 nitrogen and oxygen atoms in total. The van der Waals surface area contributed by atoms with E-state index in [0.717, 1.165) is 0 Å². The number of sulfonamides is 1.